The highest BCUT2D eigenvalue weighted by Crippen LogP contribution is 2.31. The zero-order valence-electron chi connectivity index (χ0n) is 17.3. The monoisotopic (exact) mass is 322 g/mol. The van der Waals surface area contributed by atoms with E-state index in [9.17, 15) is 4.79 Å². The van der Waals surface area contributed by atoms with Crippen LogP contribution >= 0.6 is 0 Å². The van der Waals surface area contributed by atoms with Crippen molar-refractivity contribution in [3.63, 3.8) is 0 Å². The first kappa shape index (κ1) is 13.6. The summed E-state index contributed by atoms with van der Waals surface area (Å²) in [5.41, 5.74) is 4.43. The zero-order valence-corrected chi connectivity index (χ0v) is 14.3. The lowest BCUT2D eigenvalue weighted by Crippen LogP contribution is -2.32. The quantitative estimate of drug-likeness (QED) is 0.792. The van der Waals surface area contributed by atoms with Gasteiger partial charge < -0.3 is 16.4 Å². The third kappa shape index (κ3) is 4.81. The second-order valence-corrected chi connectivity index (χ2v) is 7.18. The summed E-state index contributed by atoms with van der Waals surface area (Å²) in [6.07, 6.45) is 4.40. The number of amides is 1. The van der Waals surface area contributed by atoms with Gasteiger partial charge in [0.15, 0.2) is 0 Å². The summed E-state index contributed by atoms with van der Waals surface area (Å²) in [7, 11) is 0. The fourth-order valence-corrected chi connectivity index (χ4v) is 2.88. The smallest absolute Gasteiger partial charge is 0.254 e. The van der Waals surface area contributed by atoms with Gasteiger partial charge in [-0.15, -0.1) is 0 Å². The summed E-state index contributed by atoms with van der Waals surface area (Å²) >= 11 is 0. The zero-order chi connectivity index (χ0) is 19.7. The molecule has 1 aromatic heterocycles. The molecule has 23 heavy (non-hydrogen) atoms. The van der Waals surface area contributed by atoms with E-state index in [1.165, 1.54) is 6.20 Å². The van der Waals surface area contributed by atoms with Gasteiger partial charge in [0, 0.05) is 21.9 Å². The van der Waals surface area contributed by atoms with Crippen molar-refractivity contribution < 1.29 is 8.91 Å². The molecular formula is C17H29N5O. The maximum Gasteiger partial charge on any atom is 0.254 e. The summed E-state index contributed by atoms with van der Waals surface area (Å²) in [6, 6.07) is 0.192. The molecule has 1 aromatic rings. The van der Waals surface area contributed by atoms with Crippen molar-refractivity contribution in [2.24, 2.45) is 17.6 Å². The standard InChI is InChI=1S/C17H29N5O/c1-10-6-7-12(8-11(10)2)20-15-13(14(18)23)9-19-16(21-15)22-17(3,4)5/h9-12H,6-8H2,1-5H3,(H2,18,23)(H2,19,20,21,22)/t10-,11-,12-/m1/s1/i3D3. The molecule has 3 atom stereocenters. The van der Waals surface area contributed by atoms with Crippen LogP contribution in [0.1, 0.15) is 68.3 Å². The van der Waals surface area contributed by atoms with E-state index in [-0.39, 0.29) is 17.6 Å². The van der Waals surface area contributed by atoms with Crippen molar-refractivity contribution in [2.75, 3.05) is 10.6 Å². The first-order chi connectivity index (χ1) is 11.9. The Bertz CT molecular complexity index is 662. The number of hydrogen-bond acceptors (Lipinski definition) is 5. The third-order valence-corrected chi connectivity index (χ3v) is 4.42. The van der Waals surface area contributed by atoms with Crippen LogP contribution in [-0.2, 0) is 0 Å². The van der Waals surface area contributed by atoms with E-state index in [0.29, 0.717) is 17.7 Å². The van der Waals surface area contributed by atoms with E-state index < -0.39 is 18.3 Å². The summed E-state index contributed by atoms with van der Waals surface area (Å²) in [6.45, 7) is 5.35. The van der Waals surface area contributed by atoms with E-state index in [0.717, 1.165) is 19.3 Å². The molecule has 1 fully saturated rings. The molecule has 1 heterocycles. The van der Waals surface area contributed by atoms with Gasteiger partial charge in [-0.05, 0) is 51.8 Å². The van der Waals surface area contributed by atoms with Gasteiger partial charge in [0.2, 0.25) is 5.95 Å². The molecule has 2 rings (SSSR count). The van der Waals surface area contributed by atoms with E-state index in [2.05, 4.69) is 34.4 Å². The topological polar surface area (TPSA) is 92.9 Å². The van der Waals surface area contributed by atoms with Crippen LogP contribution in [0.4, 0.5) is 11.8 Å². The largest absolute Gasteiger partial charge is 0.366 e. The normalized spacial score (nSPS) is 27.5. The molecule has 6 nitrogen and oxygen atoms in total. The molecule has 1 saturated carbocycles. The Kier molecular flexibility index (Phi) is 3.97. The van der Waals surface area contributed by atoms with Gasteiger partial charge in [0.05, 0.1) is 5.56 Å². The van der Waals surface area contributed by atoms with E-state index in [1.54, 1.807) is 13.8 Å². The lowest BCUT2D eigenvalue weighted by atomic mass is 9.79. The molecule has 0 unspecified atom stereocenters. The highest BCUT2D eigenvalue weighted by atomic mass is 16.1. The summed E-state index contributed by atoms with van der Waals surface area (Å²) in [5.74, 6) is 1.13. The van der Waals surface area contributed by atoms with Crippen molar-refractivity contribution in [3.05, 3.63) is 11.8 Å². The van der Waals surface area contributed by atoms with Crippen molar-refractivity contribution >= 4 is 17.7 Å². The minimum absolute atomic E-state index is 0.149. The Morgan fingerprint density at radius 3 is 2.74 bits per heavy atom. The molecule has 128 valence electrons. The summed E-state index contributed by atoms with van der Waals surface area (Å²) < 4.78 is 22.9. The number of hydrogen-bond donors (Lipinski definition) is 3. The van der Waals surface area contributed by atoms with Crippen molar-refractivity contribution in [1.82, 2.24) is 9.97 Å². The van der Waals surface area contributed by atoms with Crippen LogP contribution in [0, 0.1) is 11.8 Å². The average Bonchev–Trinajstić information content (AvgIpc) is 2.49. The maximum absolute atomic E-state index is 11.7. The second kappa shape index (κ2) is 6.72. The number of nitrogens with one attached hydrogen (secondary N) is 2. The van der Waals surface area contributed by atoms with Gasteiger partial charge in [-0.2, -0.15) is 4.98 Å². The molecule has 1 amide bonds. The molecule has 1 aliphatic rings. The summed E-state index contributed by atoms with van der Waals surface area (Å²) in [4.78, 5) is 20.1. The predicted octanol–water partition coefficient (Wildman–Crippen LogP) is 3.02. The molecular weight excluding hydrogens is 290 g/mol. The second-order valence-electron chi connectivity index (χ2n) is 7.18. The number of rotatable bonds is 4. The van der Waals surface area contributed by atoms with Gasteiger partial charge in [0.25, 0.3) is 5.91 Å². The van der Waals surface area contributed by atoms with E-state index >= 15 is 0 Å². The van der Waals surface area contributed by atoms with Crippen LogP contribution in [0.5, 0.6) is 0 Å². The fraction of sp³-hybridized carbons (Fsp3) is 0.706. The Morgan fingerprint density at radius 1 is 1.39 bits per heavy atom. The average molecular weight is 322 g/mol. The van der Waals surface area contributed by atoms with Crippen molar-refractivity contribution in [2.45, 2.75) is 65.4 Å². The molecule has 0 aliphatic heterocycles. The van der Waals surface area contributed by atoms with Crippen LogP contribution < -0.4 is 16.4 Å². The Balaban J connectivity index is 2.25. The number of anilines is 2. The van der Waals surface area contributed by atoms with E-state index in [1.807, 2.05) is 0 Å². The van der Waals surface area contributed by atoms with Gasteiger partial charge in [-0.1, -0.05) is 13.8 Å². The third-order valence-electron chi connectivity index (χ3n) is 4.42. The number of carbonyl (C=O) groups excluding carboxylic acids is 1. The van der Waals surface area contributed by atoms with Crippen LogP contribution in [0.25, 0.3) is 0 Å². The molecule has 0 aromatic carbocycles. The SMILES string of the molecule is [2H]C([2H])([2H])C(C)(C)Nc1ncc(C(N)=O)c(N[C@@H]2CC[C@@H](C)[C@H](C)C2)n1. The van der Waals surface area contributed by atoms with Crippen LogP contribution in [-0.4, -0.2) is 27.5 Å². The minimum Gasteiger partial charge on any atom is -0.366 e. The lowest BCUT2D eigenvalue weighted by molar-refractivity contribution is 0.100. The van der Waals surface area contributed by atoms with Crippen LogP contribution in [0.15, 0.2) is 6.20 Å². The molecule has 0 bridgehead atoms. The van der Waals surface area contributed by atoms with Gasteiger partial charge >= 0.3 is 0 Å². The molecule has 4 N–H and O–H groups in total. The predicted molar refractivity (Wildman–Crippen MR) is 93.5 cm³/mol. The number of nitrogens with two attached hydrogens (primary N) is 1. The van der Waals surface area contributed by atoms with Crippen LogP contribution in [0.3, 0.4) is 0 Å². The Labute approximate surface area is 142 Å². The van der Waals surface area contributed by atoms with Crippen LogP contribution in [0.2, 0.25) is 0 Å². The molecule has 0 spiro atoms. The molecule has 0 saturated heterocycles. The summed E-state index contributed by atoms with van der Waals surface area (Å²) in [5, 5.41) is 6.16. The minimum atomic E-state index is -2.23. The highest BCUT2D eigenvalue weighted by Gasteiger charge is 2.26. The Morgan fingerprint density at radius 2 is 2.13 bits per heavy atom. The first-order valence-electron chi connectivity index (χ1n) is 9.62. The first-order valence-corrected chi connectivity index (χ1v) is 8.12. The van der Waals surface area contributed by atoms with Gasteiger partial charge in [0.1, 0.15) is 5.82 Å². The molecule has 6 heteroatoms. The molecule has 1 aliphatic carbocycles. The maximum atomic E-state index is 11.7. The lowest BCUT2D eigenvalue weighted by Gasteiger charge is -2.33. The van der Waals surface area contributed by atoms with Crippen molar-refractivity contribution in [1.29, 1.82) is 0 Å². The fourth-order valence-electron chi connectivity index (χ4n) is 2.88. The van der Waals surface area contributed by atoms with Crippen molar-refractivity contribution in [3.8, 4) is 0 Å². The van der Waals surface area contributed by atoms with Gasteiger partial charge in [-0.25, -0.2) is 4.98 Å². The number of carbonyl (C=O) groups is 1. The number of aromatic nitrogens is 2. The number of primary amides is 1. The molecule has 0 radical (unpaired) electrons. The van der Waals surface area contributed by atoms with E-state index in [4.69, 9.17) is 9.85 Å². The Hall–Kier alpha value is -1.85. The van der Waals surface area contributed by atoms with Gasteiger partial charge in [-0.3, -0.25) is 4.79 Å². The number of nitrogens with zero attached hydrogens (tertiary/aromatic N) is 2. The highest BCUT2D eigenvalue weighted by molar-refractivity contribution is 5.97.